The van der Waals surface area contributed by atoms with Crippen LogP contribution in [0.1, 0.15) is 24.8 Å². The summed E-state index contributed by atoms with van der Waals surface area (Å²) in [6.07, 6.45) is 3.80. The third-order valence-electron chi connectivity index (χ3n) is 2.59. The van der Waals surface area contributed by atoms with E-state index >= 15 is 0 Å². The molecule has 0 saturated heterocycles. The lowest BCUT2D eigenvalue weighted by Crippen LogP contribution is -2.19. The lowest BCUT2D eigenvalue weighted by molar-refractivity contribution is 0.183. The average Bonchev–Trinajstić information content (AvgIpc) is 2.23. The van der Waals surface area contributed by atoms with Crippen molar-refractivity contribution < 1.29 is 13.5 Å². The van der Waals surface area contributed by atoms with Crippen molar-refractivity contribution >= 4 is 9.84 Å². The molecule has 4 heteroatoms. The van der Waals surface area contributed by atoms with Gasteiger partial charge in [0, 0.05) is 6.26 Å². The van der Waals surface area contributed by atoms with Crippen LogP contribution in [0.2, 0.25) is 0 Å². The Morgan fingerprint density at radius 3 is 2.41 bits per heavy atom. The zero-order valence-electron chi connectivity index (χ0n) is 10.2. The topological polar surface area (TPSA) is 54.4 Å². The van der Waals surface area contributed by atoms with E-state index in [1.165, 1.54) is 5.56 Å². The number of aryl methyl sites for hydroxylation is 1. The largest absolute Gasteiger partial charge is 0.392 e. The predicted molar refractivity (Wildman–Crippen MR) is 69.7 cm³/mol. The Labute approximate surface area is 103 Å². The highest BCUT2D eigenvalue weighted by atomic mass is 32.2. The summed E-state index contributed by atoms with van der Waals surface area (Å²) in [7, 11) is -3.06. The van der Waals surface area contributed by atoms with E-state index in [1.807, 2.05) is 18.2 Å². The molecule has 0 heterocycles. The first-order chi connectivity index (χ1) is 7.97. The molecule has 0 unspecified atom stereocenters. The van der Waals surface area contributed by atoms with E-state index < -0.39 is 15.9 Å². The van der Waals surface area contributed by atoms with Gasteiger partial charge in [0.15, 0.2) is 0 Å². The SMILES string of the molecule is CS(=O)(=O)C[C@@H](O)CCCCc1ccccc1. The summed E-state index contributed by atoms with van der Waals surface area (Å²) in [5.41, 5.74) is 1.28. The predicted octanol–water partition coefficient (Wildman–Crippen LogP) is 1.80. The van der Waals surface area contributed by atoms with Gasteiger partial charge < -0.3 is 5.11 Å². The van der Waals surface area contributed by atoms with Crippen molar-refractivity contribution in [1.82, 2.24) is 0 Å². The molecular formula is C13H20O3S. The first kappa shape index (κ1) is 14.2. The van der Waals surface area contributed by atoms with Gasteiger partial charge in [0.25, 0.3) is 0 Å². The highest BCUT2D eigenvalue weighted by Crippen LogP contribution is 2.08. The highest BCUT2D eigenvalue weighted by Gasteiger charge is 2.11. The summed E-state index contributed by atoms with van der Waals surface area (Å²) >= 11 is 0. The molecule has 0 fully saturated rings. The van der Waals surface area contributed by atoms with Crippen molar-refractivity contribution in [1.29, 1.82) is 0 Å². The van der Waals surface area contributed by atoms with Gasteiger partial charge >= 0.3 is 0 Å². The number of hydrogen-bond donors (Lipinski definition) is 1. The van der Waals surface area contributed by atoms with Gasteiger partial charge in [-0.2, -0.15) is 0 Å². The molecule has 0 radical (unpaired) electrons. The smallest absolute Gasteiger partial charge is 0.149 e. The van der Waals surface area contributed by atoms with Crippen LogP contribution in [0.5, 0.6) is 0 Å². The maximum Gasteiger partial charge on any atom is 0.149 e. The standard InChI is InChI=1S/C13H20O3S/c1-17(15,16)11-13(14)10-6-5-9-12-7-3-2-4-8-12/h2-4,7-8,13-14H,5-6,9-11H2,1H3/t13-/m0/s1. The number of unbranched alkanes of at least 4 members (excludes halogenated alkanes) is 1. The molecule has 17 heavy (non-hydrogen) atoms. The molecule has 0 amide bonds. The minimum Gasteiger partial charge on any atom is -0.392 e. The molecule has 0 bridgehead atoms. The first-order valence-corrected chi connectivity index (χ1v) is 7.93. The van der Waals surface area contributed by atoms with Crippen molar-refractivity contribution in [2.45, 2.75) is 31.8 Å². The van der Waals surface area contributed by atoms with Gasteiger partial charge in [-0.1, -0.05) is 36.8 Å². The second kappa shape index (κ2) is 6.77. The van der Waals surface area contributed by atoms with Crippen LogP contribution in [-0.2, 0) is 16.3 Å². The highest BCUT2D eigenvalue weighted by molar-refractivity contribution is 7.90. The maximum atomic E-state index is 10.9. The molecule has 0 aliphatic rings. The molecule has 1 N–H and O–H groups in total. The molecule has 3 nitrogen and oxygen atoms in total. The van der Waals surface area contributed by atoms with Gasteiger partial charge in [-0.15, -0.1) is 0 Å². The number of hydrogen-bond acceptors (Lipinski definition) is 3. The summed E-state index contributed by atoms with van der Waals surface area (Å²) in [6.45, 7) is 0. The van der Waals surface area contributed by atoms with Crippen LogP contribution in [0.4, 0.5) is 0 Å². The van der Waals surface area contributed by atoms with Crippen LogP contribution < -0.4 is 0 Å². The second-order valence-electron chi connectivity index (χ2n) is 4.48. The van der Waals surface area contributed by atoms with Crippen LogP contribution in [-0.4, -0.2) is 31.6 Å². The van der Waals surface area contributed by atoms with Crippen LogP contribution in [0, 0.1) is 0 Å². The maximum absolute atomic E-state index is 10.9. The molecule has 96 valence electrons. The van der Waals surface area contributed by atoms with Crippen molar-refractivity contribution in [3.63, 3.8) is 0 Å². The molecule has 0 aliphatic carbocycles. The normalized spacial score (nSPS) is 13.5. The van der Waals surface area contributed by atoms with Gasteiger partial charge in [0.1, 0.15) is 9.84 Å². The zero-order chi connectivity index (χ0) is 12.7. The Balaban J connectivity index is 2.16. The van der Waals surface area contributed by atoms with Crippen molar-refractivity contribution in [3.8, 4) is 0 Å². The molecule has 1 atom stereocenters. The molecule has 0 aliphatic heterocycles. The van der Waals surface area contributed by atoms with E-state index in [4.69, 9.17) is 0 Å². The number of rotatable bonds is 7. The summed E-state index contributed by atoms with van der Waals surface area (Å²) in [6, 6.07) is 10.2. The van der Waals surface area contributed by atoms with E-state index in [-0.39, 0.29) is 5.75 Å². The molecular weight excluding hydrogens is 236 g/mol. The molecule has 1 aromatic rings. The van der Waals surface area contributed by atoms with Crippen molar-refractivity contribution in [2.24, 2.45) is 0 Å². The van der Waals surface area contributed by atoms with Gasteiger partial charge in [-0.05, 0) is 24.8 Å². The number of aliphatic hydroxyl groups is 1. The minimum atomic E-state index is -3.06. The van der Waals surface area contributed by atoms with Crippen LogP contribution in [0.3, 0.4) is 0 Å². The quantitative estimate of drug-likeness (QED) is 0.757. The fourth-order valence-corrected chi connectivity index (χ4v) is 2.65. The first-order valence-electron chi connectivity index (χ1n) is 5.87. The third kappa shape index (κ3) is 7.13. The Morgan fingerprint density at radius 1 is 1.18 bits per heavy atom. The van der Waals surface area contributed by atoms with Crippen LogP contribution in [0.25, 0.3) is 0 Å². The average molecular weight is 256 g/mol. The van der Waals surface area contributed by atoms with Crippen molar-refractivity contribution in [2.75, 3.05) is 12.0 Å². The Hall–Kier alpha value is -0.870. The number of benzene rings is 1. The van der Waals surface area contributed by atoms with Gasteiger partial charge in [-0.25, -0.2) is 8.42 Å². The molecule has 1 rings (SSSR count). The fourth-order valence-electron chi connectivity index (χ4n) is 1.79. The summed E-state index contributed by atoms with van der Waals surface area (Å²) in [5.74, 6) is -0.127. The number of aliphatic hydroxyl groups excluding tert-OH is 1. The molecule has 0 aromatic heterocycles. The Bertz CT molecular complexity index is 412. The molecule has 0 spiro atoms. The third-order valence-corrected chi connectivity index (χ3v) is 3.58. The second-order valence-corrected chi connectivity index (χ2v) is 6.66. The minimum absolute atomic E-state index is 0.127. The van der Waals surface area contributed by atoms with E-state index in [0.29, 0.717) is 6.42 Å². The van der Waals surface area contributed by atoms with Crippen LogP contribution in [0.15, 0.2) is 30.3 Å². The van der Waals surface area contributed by atoms with Crippen molar-refractivity contribution in [3.05, 3.63) is 35.9 Å². The Kier molecular flexibility index (Phi) is 5.65. The lowest BCUT2D eigenvalue weighted by Gasteiger charge is -2.08. The van der Waals surface area contributed by atoms with E-state index in [2.05, 4.69) is 12.1 Å². The Morgan fingerprint density at radius 2 is 1.82 bits per heavy atom. The fraction of sp³-hybridized carbons (Fsp3) is 0.538. The van der Waals surface area contributed by atoms with E-state index in [0.717, 1.165) is 25.5 Å². The van der Waals surface area contributed by atoms with E-state index in [1.54, 1.807) is 0 Å². The van der Waals surface area contributed by atoms with E-state index in [9.17, 15) is 13.5 Å². The monoisotopic (exact) mass is 256 g/mol. The summed E-state index contributed by atoms with van der Waals surface area (Å²) in [5, 5.41) is 9.50. The van der Waals surface area contributed by atoms with Crippen LogP contribution >= 0.6 is 0 Å². The van der Waals surface area contributed by atoms with Gasteiger partial charge in [-0.3, -0.25) is 0 Å². The summed E-state index contributed by atoms with van der Waals surface area (Å²) < 4.78 is 21.9. The molecule has 1 aromatic carbocycles. The number of sulfone groups is 1. The zero-order valence-corrected chi connectivity index (χ0v) is 11.0. The summed E-state index contributed by atoms with van der Waals surface area (Å²) in [4.78, 5) is 0. The van der Waals surface area contributed by atoms with Gasteiger partial charge in [0.2, 0.25) is 0 Å². The molecule has 0 saturated carbocycles. The lowest BCUT2D eigenvalue weighted by atomic mass is 10.1. The van der Waals surface area contributed by atoms with Gasteiger partial charge in [0.05, 0.1) is 11.9 Å².